The van der Waals surface area contributed by atoms with E-state index in [-0.39, 0.29) is 22.0 Å². The number of fused-ring (bicyclic) bond motifs is 5. The van der Waals surface area contributed by atoms with Crippen molar-refractivity contribution in [1.29, 1.82) is 0 Å². The lowest BCUT2D eigenvalue weighted by atomic mass is 9.47. The fraction of sp³-hybridized carbons (Fsp3) is 0.840. The monoisotopic (exact) mass is 416 g/mol. The van der Waals surface area contributed by atoms with Crippen LogP contribution in [0.3, 0.4) is 0 Å². The highest BCUT2D eigenvalue weighted by atomic mass is 28.4. The third-order valence-corrected chi connectivity index (χ3v) is 14.4. The Balaban J connectivity index is 1.61. The fourth-order valence-electron chi connectivity index (χ4n) is 6.96. The molecule has 6 atom stereocenters. The van der Waals surface area contributed by atoms with Crippen molar-refractivity contribution in [3.05, 3.63) is 11.6 Å². The topological polar surface area (TPSA) is 43.4 Å². The zero-order valence-electron chi connectivity index (χ0n) is 19.6. The number of carbonyl (C=O) groups is 2. The molecular weight excluding hydrogens is 376 g/mol. The first kappa shape index (κ1) is 21.5. The molecule has 0 N–H and O–H groups in total. The number of hydrogen-bond acceptors (Lipinski definition) is 3. The summed E-state index contributed by atoms with van der Waals surface area (Å²) in [5.74, 6) is 2.36. The lowest BCUT2D eigenvalue weighted by Crippen LogP contribution is -2.50. The highest BCUT2D eigenvalue weighted by Gasteiger charge is 2.62. The normalized spacial score (nSPS) is 42.8. The van der Waals surface area contributed by atoms with E-state index in [2.05, 4.69) is 47.7 Å². The highest BCUT2D eigenvalue weighted by Crippen LogP contribution is 2.64. The van der Waals surface area contributed by atoms with Crippen LogP contribution in [0.2, 0.25) is 18.1 Å². The Kier molecular flexibility index (Phi) is 4.91. The van der Waals surface area contributed by atoms with E-state index in [0.717, 1.165) is 38.5 Å². The molecule has 0 spiro atoms. The number of carbonyl (C=O) groups excluding carboxylic acids is 2. The third kappa shape index (κ3) is 3.15. The second-order valence-electron chi connectivity index (χ2n) is 12.4. The van der Waals surface area contributed by atoms with Crippen LogP contribution in [0.25, 0.3) is 0 Å². The summed E-state index contributed by atoms with van der Waals surface area (Å²) in [4.78, 5) is 25.6. The van der Waals surface area contributed by atoms with Crippen molar-refractivity contribution in [3.63, 3.8) is 0 Å². The van der Waals surface area contributed by atoms with E-state index in [4.69, 9.17) is 4.43 Å². The van der Waals surface area contributed by atoms with Gasteiger partial charge in [-0.15, -0.1) is 0 Å². The van der Waals surface area contributed by atoms with E-state index in [9.17, 15) is 9.59 Å². The van der Waals surface area contributed by atoms with Crippen molar-refractivity contribution in [2.45, 2.75) is 104 Å². The minimum Gasteiger partial charge on any atom is -0.407 e. The molecule has 4 rings (SSSR count). The second kappa shape index (κ2) is 6.63. The molecule has 4 heteroatoms. The average Bonchev–Trinajstić information content (AvgIpc) is 2.86. The van der Waals surface area contributed by atoms with Crippen LogP contribution >= 0.6 is 0 Å². The Morgan fingerprint density at radius 2 is 1.69 bits per heavy atom. The lowest BCUT2D eigenvalue weighted by Gasteiger charge is -2.56. The Hall–Kier alpha value is -0.743. The summed E-state index contributed by atoms with van der Waals surface area (Å²) in [6, 6.07) is 0. The maximum absolute atomic E-state index is 13.6. The fourth-order valence-corrected chi connectivity index (χ4v) is 8.23. The number of allylic oxidation sites excluding steroid dienone is 1. The summed E-state index contributed by atoms with van der Waals surface area (Å²) in [6.07, 6.45) is 8.67. The summed E-state index contributed by atoms with van der Waals surface area (Å²) >= 11 is 0. The van der Waals surface area contributed by atoms with Crippen molar-refractivity contribution < 1.29 is 14.0 Å². The highest BCUT2D eigenvalue weighted by molar-refractivity contribution is 6.74. The minimum absolute atomic E-state index is 0.122. The molecule has 4 aliphatic carbocycles. The average molecular weight is 417 g/mol. The Bertz CT molecular complexity index is 761. The predicted octanol–water partition coefficient (Wildman–Crippen LogP) is 6.09. The third-order valence-electron chi connectivity index (χ3n) is 9.92. The standard InChI is InChI=1S/C25H40O3Si/c1-23(2,3)29(6,7)28-21-15-20-18-9-8-16-14-17(26)10-12-24(16,4)19(18)11-13-25(20,5)22(21)27/h14,18-21H,8-13,15H2,1-7H3/t18-,19+,20+,21-,24+,25+/m1/s1. The minimum atomic E-state index is -1.97. The Labute approximate surface area is 178 Å². The van der Waals surface area contributed by atoms with E-state index >= 15 is 0 Å². The quantitative estimate of drug-likeness (QED) is 0.512. The second-order valence-corrected chi connectivity index (χ2v) is 17.1. The van der Waals surface area contributed by atoms with Crippen molar-refractivity contribution in [1.82, 2.24) is 0 Å². The molecule has 4 aliphatic rings. The predicted molar refractivity (Wildman–Crippen MR) is 119 cm³/mol. The Morgan fingerprint density at radius 3 is 2.34 bits per heavy atom. The van der Waals surface area contributed by atoms with E-state index in [0.29, 0.717) is 35.7 Å². The molecule has 0 aromatic rings. The maximum Gasteiger partial charge on any atom is 0.193 e. The van der Waals surface area contributed by atoms with Gasteiger partial charge in [0.15, 0.2) is 19.9 Å². The molecule has 0 aliphatic heterocycles. The van der Waals surface area contributed by atoms with Crippen molar-refractivity contribution >= 4 is 19.9 Å². The van der Waals surface area contributed by atoms with Gasteiger partial charge in [-0.25, -0.2) is 0 Å². The van der Waals surface area contributed by atoms with Gasteiger partial charge in [-0.3, -0.25) is 9.59 Å². The van der Waals surface area contributed by atoms with Gasteiger partial charge in [-0.05, 0) is 85.9 Å². The van der Waals surface area contributed by atoms with Crippen molar-refractivity contribution in [2.24, 2.45) is 28.6 Å². The van der Waals surface area contributed by atoms with E-state index in [1.54, 1.807) is 0 Å². The molecule has 0 amide bonds. The molecule has 162 valence electrons. The largest absolute Gasteiger partial charge is 0.407 e. The van der Waals surface area contributed by atoms with Crippen LogP contribution in [0.4, 0.5) is 0 Å². The molecular formula is C25H40O3Si. The molecule has 0 radical (unpaired) electrons. The van der Waals surface area contributed by atoms with Crippen molar-refractivity contribution in [2.75, 3.05) is 0 Å². The first-order valence-electron chi connectivity index (χ1n) is 11.8. The van der Waals surface area contributed by atoms with E-state index < -0.39 is 8.32 Å². The zero-order chi connectivity index (χ0) is 21.4. The molecule has 0 unspecified atom stereocenters. The van der Waals surface area contributed by atoms with Gasteiger partial charge in [-0.1, -0.05) is 40.2 Å². The van der Waals surface area contributed by atoms with Crippen LogP contribution in [0.5, 0.6) is 0 Å². The molecule has 0 aromatic carbocycles. The number of hydrogen-bond donors (Lipinski definition) is 0. The number of ketones is 2. The zero-order valence-corrected chi connectivity index (χ0v) is 20.6. The number of Topliss-reactive ketones (excluding diaryl/α,β-unsaturated/α-hetero) is 1. The van der Waals surface area contributed by atoms with Crippen LogP contribution in [-0.4, -0.2) is 26.0 Å². The van der Waals surface area contributed by atoms with Gasteiger partial charge in [0.2, 0.25) is 0 Å². The molecule has 3 nitrogen and oxygen atoms in total. The molecule has 29 heavy (non-hydrogen) atoms. The molecule has 3 fully saturated rings. The summed E-state index contributed by atoms with van der Waals surface area (Å²) in [5, 5.41) is 0.122. The first-order valence-corrected chi connectivity index (χ1v) is 14.7. The van der Waals surface area contributed by atoms with Gasteiger partial charge < -0.3 is 4.43 Å². The van der Waals surface area contributed by atoms with Crippen LogP contribution in [0, 0.1) is 28.6 Å². The van der Waals surface area contributed by atoms with Gasteiger partial charge in [-0.2, -0.15) is 0 Å². The molecule has 0 bridgehead atoms. The smallest absolute Gasteiger partial charge is 0.193 e. The van der Waals surface area contributed by atoms with Crippen LogP contribution in [-0.2, 0) is 14.0 Å². The van der Waals surface area contributed by atoms with Crippen LogP contribution in [0.1, 0.15) is 79.6 Å². The summed E-state index contributed by atoms with van der Waals surface area (Å²) in [7, 11) is -1.97. The molecule has 0 saturated heterocycles. The first-order chi connectivity index (χ1) is 13.3. The van der Waals surface area contributed by atoms with Gasteiger partial charge in [0.25, 0.3) is 0 Å². The van der Waals surface area contributed by atoms with Crippen LogP contribution < -0.4 is 0 Å². The summed E-state index contributed by atoms with van der Waals surface area (Å²) in [6.45, 7) is 15.9. The number of rotatable bonds is 2. The maximum atomic E-state index is 13.6. The van der Waals surface area contributed by atoms with Gasteiger partial charge in [0.05, 0.1) is 0 Å². The summed E-state index contributed by atoms with van der Waals surface area (Å²) in [5.41, 5.74) is 1.35. The van der Waals surface area contributed by atoms with E-state index in [1.165, 1.54) is 5.57 Å². The molecule has 3 saturated carbocycles. The Morgan fingerprint density at radius 1 is 1.00 bits per heavy atom. The SMILES string of the molecule is CC(C)(C)[Si](C)(C)O[C@@H]1C[C@H]2[C@@H]3CCC4=CC(=O)CC[C@]4(C)[C@H]3CC[C@]2(C)C1=O. The molecule has 0 heterocycles. The van der Waals surface area contributed by atoms with Crippen molar-refractivity contribution in [3.8, 4) is 0 Å². The lowest BCUT2D eigenvalue weighted by molar-refractivity contribution is -0.136. The van der Waals surface area contributed by atoms with E-state index in [1.807, 2.05) is 6.08 Å². The van der Waals surface area contributed by atoms with Gasteiger partial charge in [0.1, 0.15) is 6.10 Å². The molecule has 0 aromatic heterocycles. The van der Waals surface area contributed by atoms with Gasteiger partial charge in [0, 0.05) is 11.8 Å². The van der Waals surface area contributed by atoms with Crippen LogP contribution in [0.15, 0.2) is 11.6 Å². The summed E-state index contributed by atoms with van der Waals surface area (Å²) < 4.78 is 6.69. The van der Waals surface area contributed by atoms with Gasteiger partial charge >= 0.3 is 0 Å².